The van der Waals surface area contributed by atoms with Crippen LogP contribution in [0.15, 0.2) is 66.7 Å². The monoisotopic (exact) mass is 310 g/mol. The number of benzene rings is 2. The SMILES string of the molecule is COc1ccc(-c2cc(=S)cc(-c3ccccc3)s2)cc1. The molecule has 0 aliphatic heterocycles. The second-order valence-electron chi connectivity index (χ2n) is 4.62. The standard InChI is InChI=1S/C18H14OS2/c1-19-15-9-7-14(8-10-15)18-12-16(20)11-17(21-18)13-5-3-2-4-6-13/h2-12H,1H3. The molecule has 1 heterocycles. The Kier molecular flexibility index (Phi) is 4.13. The lowest BCUT2D eigenvalue weighted by Crippen LogP contribution is -1.82. The third-order valence-corrected chi connectivity index (χ3v) is 4.58. The first-order valence-corrected chi connectivity index (χ1v) is 7.84. The van der Waals surface area contributed by atoms with E-state index in [1.165, 1.54) is 15.3 Å². The Morgan fingerprint density at radius 3 is 1.95 bits per heavy atom. The van der Waals surface area contributed by atoms with Crippen molar-refractivity contribution in [2.75, 3.05) is 7.11 Å². The van der Waals surface area contributed by atoms with Crippen molar-refractivity contribution in [2.24, 2.45) is 0 Å². The van der Waals surface area contributed by atoms with Gasteiger partial charge in [0.25, 0.3) is 0 Å². The van der Waals surface area contributed by atoms with Crippen LogP contribution in [0.3, 0.4) is 0 Å². The largest absolute Gasteiger partial charge is 0.497 e. The molecule has 0 N–H and O–H groups in total. The van der Waals surface area contributed by atoms with Gasteiger partial charge in [-0.15, -0.1) is 11.3 Å². The molecular formula is C18H14OS2. The Bertz CT molecular complexity index is 789. The molecule has 3 aromatic rings. The molecule has 0 saturated carbocycles. The zero-order valence-corrected chi connectivity index (χ0v) is 13.2. The maximum absolute atomic E-state index is 5.42. The van der Waals surface area contributed by atoms with Crippen LogP contribution in [0.2, 0.25) is 0 Å². The van der Waals surface area contributed by atoms with Crippen molar-refractivity contribution in [1.29, 1.82) is 0 Å². The maximum Gasteiger partial charge on any atom is 0.118 e. The molecule has 2 aromatic carbocycles. The van der Waals surface area contributed by atoms with Crippen molar-refractivity contribution in [3.8, 4) is 26.6 Å². The summed E-state index contributed by atoms with van der Waals surface area (Å²) in [5, 5.41) is 0. The van der Waals surface area contributed by atoms with Gasteiger partial charge in [0.1, 0.15) is 5.75 Å². The maximum atomic E-state index is 5.42. The second-order valence-corrected chi connectivity index (χ2v) is 6.17. The highest BCUT2D eigenvalue weighted by molar-refractivity contribution is 7.71. The zero-order chi connectivity index (χ0) is 14.7. The minimum Gasteiger partial charge on any atom is -0.497 e. The first kappa shape index (κ1) is 14.0. The van der Waals surface area contributed by atoms with E-state index in [1.54, 1.807) is 18.4 Å². The van der Waals surface area contributed by atoms with Gasteiger partial charge in [-0.2, -0.15) is 0 Å². The summed E-state index contributed by atoms with van der Waals surface area (Å²) in [4.78, 5) is 2.36. The Morgan fingerprint density at radius 1 is 0.810 bits per heavy atom. The van der Waals surface area contributed by atoms with E-state index >= 15 is 0 Å². The Morgan fingerprint density at radius 2 is 1.38 bits per heavy atom. The molecule has 0 atom stereocenters. The fourth-order valence-electron chi connectivity index (χ4n) is 2.12. The topological polar surface area (TPSA) is 9.23 Å². The first-order chi connectivity index (χ1) is 10.3. The highest BCUT2D eigenvalue weighted by Gasteiger charge is 2.04. The van der Waals surface area contributed by atoms with Crippen molar-refractivity contribution >= 4 is 23.6 Å². The zero-order valence-electron chi connectivity index (χ0n) is 11.6. The highest BCUT2D eigenvalue weighted by Crippen LogP contribution is 2.33. The lowest BCUT2D eigenvalue weighted by molar-refractivity contribution is 0.415. The lowest BCUT2D eigenvalue weighted by atomic mass is 10.1. The minimum atomic E-state index is 0.860. The Hall–Kier alpha value is -1.97. The molecule has 0 unspecified atom stereocenters. The van der Waals surface area contributed by atoms with E-state index in [0.717, 1.165) is 15.8 Å². The second kappa shape index (κ2) is 6.20. The predicted octanol–water partition coefficient (Wildman–Crippen LogP) is 5.82. The van der Waals surface area contributed by atoms with Crippen LogP contribution in [0.25, 0.3) is 20.9 Å². The van der Waals surface area contributed by atoms with Crippen molar-refractivity contribution in [1.82, 2.24) is 0 Å². The molecule has 1 aromatic heterocycles. The van der Waals surface area contributed by atoms with E-state index in [4.69, 9.17) is 17.0 Å². The van der Waals surface area contributed by atoms with Gasteiger partial charge in [-0.1, -0.05) is 42.5 Å². The molecule has 0 radical (unpaired) electrons. The summed E-state index contributed by atoms with van der Waals surface area (Å²) < 4.78 is 6.06. The van der Waals surface area contributed by atoms with Gasteiger partial charge in [-0.3, -0.25) is 0 Å². The molecule has 0 spiro atoms. The quantitative estimate of drug-likeness (QED) is 0.564. The summed E-state index contributed by atoms with van der Waals surface area (Å²) >= 11 is 7.17. The fraction of sp³-hybridized carbons (Fsp3) is 0.0556. The summed E-state index contributed by atoms with van der Waals surface area (Å²) in [7, 11) is 1.68. The Balaban J connectivity index is 2.07. The van der Waals surface area contributed by atoms with Crippen LogP contribution in [-0.2, 0) is 0 Å². The number of rotatable bonds is 3. The number of hydrogen-bond donors (Lipinski definition) is 0. The third-order valence-electron chi connectivity index (χ3n) is 3.20. The Labute approximate surface area is 133 Å². The van der Waals surface area contributed by atoms with Gasteiger partial charge in [0.15, 0.2) is 0 Å². The molecule has 0 saturated heterocycles. The molecule has 0 fully saturated rings. The van der Waals surface area contributed by atoms with Crippen LogP contribution in [0.1, 0.15) is 0 Å². The third kappa shape index (κ3) is 3.20. The van der Waals surface area contributed by atoms with Crippen LogP contribution >= 0.6 is 23.6 Å². The molecular weight excluding hydrogens is 296 g/mol. The molecule has 0 bridgehead atoms. The predicted molar refractivity (Wildman–Crippen MR) is 92.6 cm³/mol. The average Bonchev–Trinajstić information content (AvgIpc) is 2.55. The summed E-state index contributed by atoms with van der Waals surface area (Å²) in [6.45, 7) is 0. The molecule has 0 aliphatic rings. The number of hydrogen-bond acceptors (Lipinski definition) is 3. The van der Waals surface area contributed by atoms with Gasteiger partial charge in [-0.05, 0) is 47.5 Å². The van der Waals surface area contributed by atoms with Crippen molar-refractivity contribution in [2.45, 2.75) is 0 Å². The van der Waals surface area contributed by atoms with Crippen LogP contribution in [-0.4, -0.2) is 7.11 Å². The molecule has 3 heteroatoms. The fourth-order valence-corrected chi connectivity index (χ4v) is 3.62. The number of ether oxygens (including phenoxy) is 1. The molecule has 21 heavy (non-hydrogen) atoms. The molecule has 1 nitrogen and oxygen atoms in total. The van der Waals surface area contributed by atoms with Crippen molar-refractivity contribution < 1.29 is 4.74 Å². The molecule has 3 rings (SSSR count). The van der Waals surface area contributed by atoms with Gasteiger partial charge in [0.05, 0.1) is 7.11 Å². The summed E-state index contributed by atoms with van der Waals surface area (Å²) in [5.41, 5.74) is 2.36. The van der Waals surface area contributed by atoms with Crippen LogP contribution in [0, 0.1) is 4.51 Å². The summed E-state index contributed by atoms with van der Waals surface area (Å²) in [6, 6.07) is 22.5. The number of methoxy groups -OCH3 is 1. The molecule has 104 valence electrons. The van der Waals surface area contributed by atoms with Crippen molar-refractivity contribution in [3.05, 3.63) is 71.2 Å². The van der Waals surface area contributed by atoms with Gasteiger partial charge < -0.3 is 4.74 Å². The highest BCUT2D eigenvalue weighted by atomic mass is 32.1. The first-order valence-electron chi connectivity index (χ1n) is 6.61. The van der Waals surface area contributed by atoms with Crippen LogP contribution in [0.5, 0.6) is 5.75 Å². The lowest BCUT2D eigenvalue weighted by Gasteiger charge is -2.06. The molecule has 0 amide bonds. The summed E-state index contributed by atoms with van der Waals surface area (Å²) in [6.07, 6.45) is 0. The van der Waals surface area contributed by atoms with Gasteiger partial charge in [0, 0.05) is 14.3 Å². The molecule has 0 aliphatic carbocycles. The smallest absolute Gasteiger partial charge is 0.118 e. The summed E-state index contributed by atoms with van der Waals surface area (Å²) in [5.74, 6) is 0.863. The van der Waals surface area contributed by atoms with Gasteiger partial charge in [0.2, 0.25) is 0 Å². The van der Waals surface area contributed by atoms with Gasteiger partial charge >= 0.3 is 0 Å². The van der Waals surface area contributed by atoms with E-state index in [1.807, 2.05) is 36.4 Å². The van der Waals surface area contributed by atoms with E-state index in [0.29, 0.717) is 0 Å². The van der Waals surface area contributed by atoms with E-state index in [2.05, 4.69) is 30.3 Å². The van der Waals surface area contributed by atoms with Crippen LogP contribution < -0.4 is 4.74 Å². The van der Waals surface area contributed by atoms with E-state index < -0.39 is 0 Å². The van der Waals surface area contributed by atoms with Crippen molar-refractivity contribution in [3.63, 3.8) is 0 Å². The average molecular weight is 310 g/mol. The van der Waals surface area contributed by atoms with Crippen LogP contribution in [0.4, 0.5) is 0 Å². The van der Waals surface area contributed by atoms with E-state index in [9.17, 15) is 0 Å². The minimum absolute atomic E-state index is 0.860. The van der Waals surface area contributed by atoms with E-state index in [-0.39, 0.29) is 0 Å². The normalized spacial score (nSPS) is 10.3. The van der Waals surface area contributed by atoms with Gasteiger partial charge in [-0.25, -0.2) is 0 Å².